The van der Waals surface area contributed by atoms with E-state index in [0.29, 0.717) is 23.9 Å². The Kier molecular flexibility index (Phi) is 4.92. The number of hydrazine groups is 1. The Morgan fingerprint density at radius 1 is 1.18 bits per heavy atom. The summed E-state index contributed by atoms with van der Waals surface area (Å²) in [5.41, 5.74) is 9.84. The van der Waals surface area contributed by atoms with Crippen molar-refractivity contribution < 1.29 is 0 Å². The van der Waals surface area contributed by atoms with Crippen LogP contribution in [-0.2, 0) is 6.42 Å². The van der Waals surface area contributed by atoms with Crippen LogP contribution < -0.4 is 10.9 Å². The van der Waals surface area contributed by atoms with Gasteiger partial charge in [-0.15, -0.1) is 0 Å². The van der Waals surface area contributed by atoms with Crippen LogP contribution in [0.25, 0.3) is 22.4 Å². The summed E-state index contributed by atoms with van der Waals surface area (Å²) < 4.78 is 2.25. The molecule has 0 radical (unpaired) electrons. The summed E-state index contributed by atoms with van der Waals surface area (Å²) in [6.07, 6.45) is 8.28. The Balaban J connectivity index is 1.95. The van der Waals surface area contributed by atoms with E-state index in [1.165, 1.54) is 12.8 Å². The lowest BCUT2D eigenvalue weighted by Crippen LogP contribution is -2.15. The lowest BCUT2D eigenvalue weighted by atomic mass is 10.1. The highest BCUT2D eigenvalue weighted by Gasteiger charge is 2.27. The molecule has 1 saturated carbocycles. The SMILES string of the molecule is CNNc1cnc(-c2c(C#N)c3cc(CC#N)ccc3n2C2CCCC2)nc1. The van der Waals surface area contributed by atoms with Crippen LogP contribution in [0, 0.1) is 22.7 Å². The van der Waals surface area contributed by atoms with Crippen molar-refractivity contribution in [2.75, 3.05) is 12.5 Å². The van der Waals surface area contributed by atoms with E-state index in [1.54, 1.807) is 19.4 Å². The molecule has 0 amide bonds. The second-order valence-electron chi connectivity index (χ2n) is 7.00. The van der Waals surface area contributed by atoms with Crippen molar-refractivity contribution in [3.8, 4) is 23.7 Å². The molecule has 2 heterocycles. The van der Waals surface area contributed by atoms with Gasteiger partial charge in [-0.25, -0.2) is 15.4 Å². The molecule has 0 unspecified atom stereocenters. The number of aromatic nitrogens is 3. The average Bonchev–Trinajstić information content (AvgIpc) is 3.34. The third-order valence-corrected chi connectivity index (χ3v) is 5.29. The van der Waals surface area contributed by atoms with Gasteiger partial charge in [0.25, 0.3) is 0 Å². The van der Waals surface area contributed by atoms with E-state index in [9.17, 15) is 5.26 Å². The summed E-state index contributed by atoms with van der Waals surface area (Å²) in [6.45, 7) is 0. The van der Waals surface area contributed by atoms with Crippen molar-refractivity contribution in [2.24, 2.45) is 0 Å². The van der Waals surface area contributed by atoms with Crippen LogP contribution in [0.4, 0.5) is 5.69 Å². The van der Waals surface area contributed by atoms with Gasteiger partial charge in [0.2, 0.25) is 0 Å². The number of hydrogen-bond donors (Lipinski definition) is 2. The van der Waals surface area contributed by atoms with Crippen molar-refractivity contribution in [1.82, 2.24) is 20.0 Å². The molecule has 0 aliphatic heterocycles. The van der Waals surface area contributed by atoms with Gasteiger partial charge in [0, 0.05) is 18.5 Å². The Labute approximate surface area is 163 Å². The topological polar surface area (TPSA) is 102 Å². The predicted octanol–water partition coefficient (Wildman–Crippen LogP) is 3.70. The lowest BCUT2D eigenvalue weighted by molar-refractivity contribution is 0.539. The van der Waals surface area contributed by atoms with Crippen molar-refractivity contribution in [1.29, 1.82) is 10.5 Å². The first-order valence-electron chi connectivity index (χ1n) is 9.46. The molecule has 2 N–H and O–H groups in total. The minimum atomic E-state index is 0.325. The van der Waals surface area contributed by atoms with Crippen LogP contribution in [0.1, 0.15) is 42.9 Å². The molecule has 0 spiro atoms. The first kappa shape index (κ1) is 18.0. The first-order chi connectivity index (χ1) is 13.8. The van der Waals surface area contributed by atoms with Crippen LogP contribution in [0.5, 0.6) is 0 Å². The van der Waals surface area contributed by atoms with E-state index < -0.39 is 0 Å². The number of nitrogens with one attached hydrogen (secondary N) is 2. The Morgan fingerprint density at radius 2 is 1.93 bits per heavy atom. The van der Waals surface area contributed by atoms with Gasteiger partial charge in [-0.2, -0.15) is 10.5 Å². The smallest absolute Gasteiger partial charge is 0.177 e. The number of nitrogens with zero attached hydrogens (tertiary/aromatic N) is 5. The number of hydrogen-bond acceptors (Lipinski definition) is 6. The van der Waals surface area contributed by atoms with Gasteiger partial charge in [-0.1, -0.05) is 18.9 Å². The molecule has 7 nitrogen and oxygen atoms in total. The number of benzene rings is 1. The molecule has 1 aliphatic carbocycles. The van der Waals surface area contributed by atoms with Crippen molar-refractivity contribution in [3.63, 3.8) is 0 Å². The van der Waals surface area contributed by atoms with Crippen LogP contribution >= 0.6 is 0 Å². The van der Waals surface area contributed by atoms with Gasteiger partial charge in [0.05, 0.1) is 41.7 Å². The molecule has 0 bridgehead atoms. The van der Waals surface area contributed by atoms with Crippen molar-refractivity contribution >= 4 is 16.6 Å². The summed E-state index contributed by atoms with van der Waals surface area (Å²) in [4.78, 5) is 9.05. The molecule has 140 valence electrons. The minimum absolute atomic E-state index is 0.325. The molecule has 1 fully saturated rings. The fraction of sp³-hybridized carbons (Fsp3) is 0.333. The van der Waals surface area contributed by atoms with E-state index >= 15 is 0 Å². The van der Waals surface area contributed by atoms with Crippen molar-refractivity contribution in [2.45, 2.75) is 38.1 Å². The highest BCUT2D eigenvalue weighted by Crippen LogP contribution is 2.40. The quantitative estimate of drug-likeness (QED) is 0.663. The molecular weight excluding hydrogens is 350 g/mol. The van der Waals surface area contributed by atoms with Gasteiger partial charge in [-0.05, 0) is 30.5 Å². The summed E-state index contributed by atoms with van der Waals surface area (Å²) in [7, 11) is 1.78. The highest BCUT2D eigenvalue weighted by atomic mass is 15.3. The fourth-order valence-corrected chi connectivity index (χ4v) is 4.10. The number of rotatable bonds is 5. The zero-order chi connectivity index (χ0) is 19.5. The van der Waals surface area contributed by atoms with E-state index in [0.717, 1.165) is 40.7 Å². The third kappa shape index (κ3) is 3.06. The summed E-state index contributed by atoms with van der Waals surface area (Å²) in [5.74, 6) is 0.545. The summed E-state index contributed by atoms with van der Waals surface area (Å²) in [5, 5.41) is 19.9. The second kappa shape index (κ2) is 7.67. The molecule has 4 rings (SSSR count). The van der Waals surface area contributed by atoms with Crippen LogP contribution in [-0.4, -0.2) is 21.6 Å². The summed E-state index contributed by atoms with van der Waals surface area (Å²) >= 11 is 0. The Morgan fingerprint density at radius 3 is 2.57 bits per heavy atom. The van der Waals surface area contributed by atoms with E-state index in [-0.39, 0.29) is 0 Å². The van der Waals surface area contributed by atoms with E-state index in [4.69, 9.17) is 5.26 Å². The number of nitriles is 2. The highest BCUT2D eigenvalue weighted by molar-refractivity contribution is 5.94. The van der Waals surface area contributed by atoms with Crippen LogP contribution in [0.2, 0.25) is 0 Å². The monoisotopic (exact) mass is 371 g/mol. The summed E-state index contributed by atoms with van der Waals surface area (Å²) in [6, 6.07) is 10.9. The minimum Gasteiger partial charge on any atom is -0.334 e. The maximum atomic E-state index is 9.99. The molecule has 0 atom stereocenters. The number of fused-ring (bicyclic) bond motifs is 1. The molecule has 1 aliphatic rings. The maximum Gasteiger partial charge on any atom is 0.177 e. The van der Waals surface area contributed by atoms with E-state index in [2.05, 4.69) is 37.5 Å². The number of anilines is 1. The van der Waals surface area contributed by atoms with E-state index in [1.807, 2.05) is 18.2 Å². The molecule has 2 aromatic heterocycles. The average molecular weight is 371 g/mol. The second-order valence-corrected chi connectivity index (χ2v) is 7.00. The zero-order valence-electron chi connectivity index (χ0n) is 15.7. The maximum absolute atomic E-state index is 9.99. The van der Waals surface area contributed by atoms with Crippen LogP contribution in [0.3, 0.4) is 0 Å². The molecule has 7 heteroatoms. The standard InChI is InChI=1S/C21H21N7/c1-24-27-15-12-25-21(26-13-15)20-18(11-23)17-10-14(8-9-22)6-7-19(17)28(20)16-4-2-3-5-16/h6-7,10,12-13,16,24,27H,2-5,8H2,1H3. The lowest BCUT2D eigenvalue weighted by Gasteiger charge is -2.17. The van der Waals surface area contributed by atoms with Gasteiger partial charge in [0.1, 0.15) is 11.8 Å². The van der Waals surface area contributed by atoms with Gasteiger partial charge in [0.15, 0.2) is 5.82 Å². The fourth-order valence-electron chi connectivity index (χ4n) is 4.10. The largest absolute Gasteiger partial charge is 0.334 e. The van der Waals surface area contributed by atoms with Gasteiger partial charge >= 0.3 is 0 Å². The zero-order valence-corrected chi connectivity index (χ0v) is 15.7. The molecule has 0 saturated heterocycles. The molecule has 3 aromatic rings. The third-order valence-electron chi connectivity index (χ3n) is 5.29. The van der Waals surface area contributed by atoms with Crippen LogP contribution in [0.15, 0.2) is 30.6 Å². The first-order valence-corrected chi connectivity index (χ1v) is 9.46. The van der Waals surface area contributed by atoms with Crippen molar-refractivity contribution in [3.05, 3.63) is 41.7 Å². The van der Waals surface area contributed by atoms with Gasteiger partial charge < -0.3 is 9.99 Å². The normalized spacial score (nSPS) is 14.1. The Bertz CT molecular complexity index is 1080. The predicted molar refractivity (Wildman–Crippen MR) is 107 cm³/mol. The van der Waals surface area contributed by atoms with Gasteiger partial charge in [-0.3, -0.25) is 0 Å². The Hall–Kier alpha value is -3.42. The molecule has 28 heavy (non-hydrogen) atoms. The molecule has 1 aromatic carbocycles. The molecular formula is C21H21N7.